The van der Waals surface area contributed by atoms with Crippen LogP contribution in [0.3, 0.4) is 0 Å². The highest BCUT2D eigenvalue weighted by Gasteiger charge is 2.06. The van der Waals surface area contributed by atoms with Gasteiger partial charge in [0.1, 0.15) is 0 Å². The molecule has 1 atom stereocenters. The molecule has 2 radical (unpaired) electrons. The predicted octanol–water partition coefficient (Wildman–Crippen LogP) is 1.19. The molecular weight excluding hydrogens is 103 g/mol. The summed E-state index contributed by atoms with van der Waals surface area (Å²) in [6.45, 7) is 2.06. The molecule has 0 aromatic rings. The van der Waals surface area contributed by atoms with Gasteiger partial charge in [0.25, 0.3) is 0 Å². The summed E-state index contributed by atoms with van der Waals surface area (Å²) in [5.41, 5.74) is 0. The third-order valence-electron chi connectivity index (χ3n) is 1.12. The van der Waals surface area contributed by atoms with Crippen LogP contribution in [-0.4, -0.2) is 31.8 Å². The van der Waals surface area contributed by atoms with E-state index in [9.17, 15) is 0 Å². The molecule has 2 heteroatoms. The molecular formula is C5H13BS. The van der Waals surface area contributed by atoms with E-state index in [1.165, 1.54) is 0 Å². The van der Waals surface area contributed by atoms with Crippen LogP contribution >= 0.6 is 10.0 Å². The molecule has 0 heterocycles. The average molecular weight is 116 g/mol. The first-order valence-electron chi connectivity index (χ1n) is 2.37. The summed E-state index contributed by atoms with van der Waals surface area (Å²) in [6, 6.07) is 0. The molecule has 1 unspecified atom stereocenters. The van der Waals surface area contributed by atoms with Gasteiger partial charge in [0.05, 0.1) is 7.85 Å². The standard InChI is InChI=1S/C5H13BS/c1-5(6)7(2,3)4/h5H,1-4H3. The van der Waals surface area contributed by atoms with Crippen LogP contribution in [-0.2, 0) is 0 Å². The SMILES string of the molecule is [B]C(C)S(C)(C)C. The molecule has 0 spiro atoms. The van der Waals surface area contributed by atoms with Crippen molar-refractivity contribution < 1.29 is 0 Å². The third-order valence-corrected chi connectivity index (χ3v) is 3.35. The van der Waals surface area contributed by atoms with Gasteiger partial charge in [-0.1, -0.05) is 12.1 Å². The van der Waals surface area contributed by atoms with Crippen molar-refractivity contribution in [1.82, 2.24) is 0 Å². The lowest BCUT2D eigenvalue weighted by atomic mass is 10.1. The molecule has 0 aliphatic rings. The zero-order valence-corrected chi connectivity index (χ0v) is 6.38. The van der Waals surface area contributed by atoms with Crippen molar-refractivity contribution in [2.75, 3.05) is 18.8 Å². The van der Waals surface area contributed by atoms with Gasteiger partial charge in [0, 0.05) is 0 Å². The van der Waals surface area contributed by atoms with Crippen LogP contribution in [0.5, 0.6) is 0 Å². The molecule has 0 bridgehead atoms. The van der Waals surface area contributed by atoms with Gasteiger partial charge >= 0.3 is 0 Å². The molecule has 0 saturated heterocycles. The molecule has 0 aliphatic carbocycles. The Labute approximate surface area is 49.4 Å². The lowest BCUT2D eigenvalue weighted by Crippen LogP contribution is -2.10. The summed E-state index contributed by atoms with van der Waals surface area (Å²) in [4.78, 5) is 0. The highest BCUT2D eigenvalue weighted by atomic mass is 32.3. The van der Waals surface area contributed by atoms with E-state index < -0.39 is 10.0 Å². The van der Waals surface area contributed by atoms with Gasteiger partial charge in [0.15, 0.2) is 0 Å². The van der Waals surface area contributed by atoms with Crippen molar-refractivity contribution in [3.05, 3.63) is 0 Å². The summed E-state index contributed by atoms with van der Waals surface area (Å²) < 4.78 is 0. The third kappa shape index (κ3) is 3.04. The van der Waals surface area contributed by atoms with E-state index in [1.807, 2.05) is 0 Å². The normalized spacial score (nSPS) is 18.9. The Morgan fingerprint density at radius 2 is 1.43 bits per heavy atom. The highest BCUT2D eigenvalue weighted by molar-refractivity contribution is 8.33. The fourth-order valence-electron chi connectivity index (χ4n) is 0. The van der Waals surface area contributed by atoms with Crippen LogP contribution in [0.15, 0.2) is 0 Å². The van der Waals surface area contributed by atoms with Crippen LogP contribution < -0.4 is 0 Å². The molecule has 0 fully saturated rings. The fraction of sp³-hybridized carbons (Fsp3) is 1.00. The largest absolute Gasteiger partial charge is 0.255 e. The van der Waals surface area contributed by atoms with E-state index in [1.54, 1.807) is 0 Å². The molecule has 0 aliphatic heterocycles. The van der Waals surface area contributed by atoms with Crippen LogP contribution in [0.2, 0.25) is 0 Å². The Kier molecular flexibility index (Phi) is 2.25. The molecule has 0 rings (SSSR count). The second kappa shape index (κ2) is 2.12. The van der Waals surface area contributed by atoms with E-state index >= 15 is 0 Å². The first-order valence-corrected chi connectivity index (χ1v) is 5.29. The zero-order chi connectivity index (χ0) is 6.08. The minimum Gasteiger partial charge on any atom is -0.255 e. The molecule has 0 amide bonds. The summed E-state index contributed by atoms with van der Waals surface area (Å²) in [5, 5.41) is 0.382. The van der Waals surface area contributed by atoms with Gasteiger partial charge in [-0.15, -0.1) is 0 Å². The van der Waals surface area contributed by atoms with Gasteiger partial charge < -0.3 is 0 Å². The molecule has 42 valence electrons. The number of hydrogen-bond donors (Lipinski definition) is 0. The maximum atomic E-state index is 5.61. The minimum atomic E-state index is -0.463. The van der Waals surface area contributed by atoms with Gasteiger partial charge in [-0.25, -0.2) is 0 Å². The van der Waals surface area contributed by atoms with E-state index in [-0.39, 0.29) is 0 Å². The van der Waals surface area contributed by atoms with E-state index in [0.717, 1.165) is 0 Å². The molecule has 0 aromatic carbocycles. The van der Waals surface area contributed by atoms with Gasteiger partial charge in [-0.2, -0.15) is 0 Å². The quantitative estimate of drug-likeness (QED) is 0.451. The Balaban J connectivity index is 3.54. The van der Waals surface area contributed by atoms with Crippen molar-refractivity contribution in [3.8, 4) is 0 Å². The van der Waals surface area contributed by atoms with Crippen molar-refractivity contribution in [2.45, 2.75) is 12.1 Å². The minimum absolute atomic E-state index is 0.382. The van der Waals surface area contributed by atoms with Crippen molar-refractivity contribution in [1.29, 1.82) is 0 Å². The van der Waals surface area contributed by atoms with Crippen LogP contribution in [0.25, 0.3) is 0 Å². The summed E-state index contributed by atoms with van der Waals surface area (Å²) in [5.74, 6) is 0. The molecule has 0 nitrogen and oxygen atoms in total. The molecule has 0 saturated carbocycles. The fourth-order valence-corrected chi connectivity index (χ4v) is 0. The van der Waals surface area contributed by atoms with Gasteiger partial charge in [-0.3, -0.25) is 10.0 Å². The summed E-state index contributed by atoms with van der Waals surface area (Å²) in [7, 11) is 5.14. The Hall–Kier alpha value is 0.415. The summed E-state index contributed by atoms with van der Waals surface area (Å²) in [6.07, 6.45) is 6.66. The Morgan fingerprint density at radius 3 is 1.43 bits per heavy atom. The molecule has 0 aromatic heterocycles. The van der Waals surface area contributed by atoms with Gasteiger partial charge in [0.2, 0.25) is 0 Å². The lowest BCUT2D eigenvalue weighted by Gasteiger charge is -2.30. The van der Waals surface area contributed by atoms with Crippen LogP contribution in [0.1, 0.15) is 6.92 Å². The zero-order valence-electron chi connectivity index (χ0n) is 5.56. The topological polar surface area (TPSA) is 0 Å². The second-order valence-corrected chi connectivity index (χ2v) is 7.24. The highest BCUT2D eigenvalue weighted by Crippen LogP contribution is 2.38. The number of hydrogen-bond acceptors (Lipinski definition) is 0. The second-order valence-electron chi connectivity index (χ2n) is 2.64. The average Bonchev–Trinajstić information content (AvgIpc) is 1.31. The first kappa shape index (κ1) is 7.41. The van der Waals surface area contributed by atoms with Crippen molar-refractivity contribution in [2.24, 2.45) is 0 Å². The molecule has 0 N–H and O–H groups in total. The lowest BCUT2D eigenvalue weighted by molar-refractivity contribution is 1.37. The van der Waals surface area contributed by atoms with Gasteiger partial charge in [-0.05, 0) is 18.8 Å². The van der Waals surface area contributed by atoms with Crippen LogP contribution in [0.4, 0.5) is 0 Å². The molecule has 7 heavy (non-hydrogen) atoms. The monoisotopic (exact) mass is 116 g/mol. The Bertz CT molecular complexity index is 53.6. The van der Waals surface area contributed by atoms with E-state index in [2.05, 4.69) is 25.7 Å². The van der Waals surface area contributed by atoms with E-state index in [0.29, 0.717) is 5.15 Å². The van der Waals surface area contributed by atoms with Crippen LogP contribution in [0, 0.1) is 0 Å². The Morgan fingerprint density at radius 1 is 1.29 bits per heavy atom. The maximum Gasteiger partial charge on any atom is 0.0821 e. The van der Waals surface area contributed by atoms with E-state index in [4.69, 9.17) is 7.85 Å². The summed E-state index contributed by atoms with van der Waals surface area (Å²) >= 11 is 0. The maximum absolute atomic E-state index is 5.61. The first-order chi connectivity index (χ1) is 2.94. The number of rotatable bonds is 1. The van der Waals surface area contributed by atoms with Crippen molar-refractivity contribution >= 4 is 17.9 Å². The van der Waals surface area contributed by atoms with Crippen molar-refractivity contribution in [3.63, 3.8) is 0 Å². The smallest absolute Gasteiger partial charge is 0.0821 e. The predicted molar refractivity (Wildman–Crippen MR) is 40.6 cm³/mol.